The number of nitrogens with one attached hydrogen (secondary N) is 2. The van der Waals surface area contributed by atoms with Crippen LogP contribution in [0, 0.1) is 6.92 Å². The average molecular weight is 474 g/mol. The lowest BCUT2D eigenvalue weighted by molar-refractivity contribution is 0.575. The number of hydrogen-bond acceptors (Lipinski definition) is 3. The van der Waals surface area contributed by atoms with Crippen molar-refractivity contribution in [3.8, 4) is 0 Å². The van der Waals surface area contributed by atoms with Gasteiger partial charge >= 0.3 is 0 Å². The number of aromatic nitrogens is 1. The zero-order valence-corrected chi connectivity index (χ0v) is 18.0. The first-order chi connectivity index (χ1) is 11.7. The number of aryl methyl sites for hydroxylation is 1. The van der Waals surface area contributed by atoms with E-state index in [1.807, 2.05) is 23.6 Å². The second-order valence-electron chi connectivity index (χ2n) is 5.62. The second kappa shape index (κ2) is 12.1. The summed E-state index contributed by atoms with van der Waals surface area (Å²) < 4.78 is 1.83. The number of nitrogens with zero attached hydrogens (tertiary/aromatic N) is 2. The van der Waals surface area contributed by atoms with E-state index in [0.717, 1.165) is 44.1 Å². The lowest BCUT2D eigenvalue weighted by Gasteiger charge is -2.12. The van der Waals surface area contributed by atoms with E-state index in [9.17, 15) is 4.79 Å². The van der Waals surface area contributed by atoms with Gasteiger partial charge in [-0.05, 0) is 55.1 Å². The summed E-state index contributed by atoms with van der Waals surface area (Å²) >= 11 is 1.69. The van der Waals surface area contributed by atoms with Crippen molar-refractivity contribution in [2.75, 3.05) is 13.1 Å². The molecule has 2 N–H and O–H groups in total. The molecule has 0 radical (unpaired) electrons. The maximum Gasteiger partial charge on any atom is 0.250 e. The van der Waals surface area contributed by atoms with Crippen LogP contribution in [0.15, 0.2) is 44.8 Å². The molecule has 0 fully saturated rings. The van der Waals surface area contributed by atoms with Crippen molar-refractivity contribution >= 4 is 41.3 Å². The first-order valence-corrected chi connectivity index (χ1v) is 9.34. The van der Waals surface area contributed by atoms with E-state index in [-0.39, 0.29) is 29.5 Å². The van der Waals surface area contributed by atoms with Gasteiger partial charge in [-0.2, -0.15) is 11.3 Å². The van der Waals surface area contributed by atoms with Crippen LogP contribution < -0.4 is 16.2 Å². The molecule has 5 nitrogen and oxygen atoms in total. The Labute approximate surface area is 170 Å². The fourth-order valence-corrected chi connectivity index (χ4v) is 3.07. The van der Waals surface area contributed by atoms with Gasteiger partial charge in [-0.15, -0.1) is 24.0 Å². The topological polar surface area (TPSA) is 58.4 Å². The van der Waals surface area contributed by atoms with Crippen LogP contribution in [0.25, 0.3) is 0 Å². The van der Waals surface area contributed by atoms with E-state index in [2.05, 4.69) is 39.4 Å². The smallest absolute Gasteiger partial charge is 0.250 e. The third kappa shape index (κ3) is 7.60. The SMILES string of the molecule is CCNC(=NCc1ccsc1)NCCCCn1c(C)cccc1=O.I. The number of unbranched alkanes of at least 4 members (excludes halogenated alkanes) is 1. The molecular formula is C18H27IN4OS. The van der Waals surface area contributed by atoms with Crippen LogP contribution >= 0.6 is 35.3 Å². The fraction of sp³-hybridized carbons (Fsp3) is 0.444. The van der Waals surface area contributed by atoms with E-state index in [1.165, 1.54) is 5.56 Å². The Morgan fingerprint density at radius 3 is 2.76 bits per heavy atom. The van der Waals surface area contributed by atoms with Crippen LogP contribution in [0.1, 0.15) is 31.0 Å². The monoisotopic (exact) mass is 474 g/mol. The van der Waals surface area contributed by atoms with Gasteiger partial charge in [-0.25, -0.2) is 4.99 Å². The van der Waals surface area contributed by atoms with Crippen molar-refractivity contribution in [3.63, 3.8) is 0 Å². The fourth-order valence-electron chi connectivity index (χ4n) is 2.41. The number of guanidine groups is 1. The zero-order valence-electron chi connectivity index (χ0n) is 14.8. The van der Waals surface area contributed by atoms with Gasteiger partial charge in [0, 0.05) is 31.4 Å². The number of pyridine rings is 1. The Balaban J connectivity index is 0.00000312. The molecule has 0 aliphatic heterocycles. The van der Waals surface area contributed by atoms with Gasteiger partial charge in [0.15, 0.2) is 5.96 Å². The Bertz CT molecular complexity index is 697. The van der Waals surface area contributed by atoms with Gasteiger partial charge in [0.1, 0.15) is 0 Å². The minimum Gasteiger partial charge on any atom is -0.357 e. The number of rotatable bonds is 8. The maximum atomic E-state index is 11.8. The van der Waals surface area contributed by atoms with Crippen molar-refractivity contribution in [1.82, 2.24) is 15.2 Å². The summed E-state index contributed by atoms with van der Waals surface area (Å²) in [5.41, 5.74) is 2.32. The number of halogens is 1. The van der Waals surface area contributed by atoms with Crippen LogP contribution in [-0.2, 0) is 13.1 Å². The predicted octanol–water partition coefficient (Wildman–Crippen LogP) is 3.37. The minimum atomic E-state index is 0. The van der Waals surface area contributed by atoms with E-state index in [4.69, 9.17) is 0 Å². The molecule has 0 aliphatic rings. The first kappa shape index (κ1) is 21.7. The standard InChI is InChI=1S/C18H26N4OS.HI/c1-3-19-18(21-13-16-9-12-24-14-16)20-10-4-5-11-22-15(2)7-6-8-17(22)23;/h6-9,12,14H,3-5,10-11,13H2,1-2H3,(H2,19,20,21);1H. The van der Waals surface area contributed by atoms with Gasteiger partial charge in [0.2, 0.25) is 0 Å². The van der Waals surface area contributed by atoms with E-state index in [1.54, 1.807) is 17.4 Å². The number of hydrogen-bond donors (Lipinski definition) is 2. The highest BCUT2D eigenvalue weighted by Crippen LogP contribution is 2.06. The van der Waals surface area contributed by atoms with Gasteiger partial charge in [0.05, 0.1) is 6.54 Å². The van der Waals surface area contributed by atoms with Crippen LogP contribution in [0.2, 0.25) is 0 Å². The van der Waals surface area contributed by atoms with E-state index < -0.39 is 0 Å². The Morgan fingerprint density at radius 1 is 1.24 bits per heavy atom. The lowest BCUT2D eigenvalue weighted by Crippen LogP contribution is -2.37. The molecule has 0 bridgehead atoms. The third-order valence-corrected chi connectivity index (χ3v) is 4.45. The van der Waals surface area contributed by atoms with Crippen molar-refractivity contribution < 1.29 is 0 Å². The van der Waals surface area contributed by atoms with Crippen LogP contribution in [0.4, 0.5) is 0 Å². The number of aliphatic imine (C=N–C) groups is 1. The molecule has 0 atom stereocenters. The van der Waals surface area contributed by atoms with Crippen molar-refractivity contribution in [2.45, 2.75) is 39.8 Å². The highest BCUT2D eigenvalue weighted by molar-refractivity contribution is 14.0. The van der Waals surface area contributed by atoms with Crippen molar-refractivity contribution in [3.05, 3.63) is 56.6 Å². The zero-order chi connectivity index (χ0) is 17.2. The largest absolute Gasteiger partial charge is 0.357 e. The molecule has 138 valence electrons. The summed E-state index contributed by atoms with van der Waals surface area (Å²) in [5.74, 6) is 0.844. The molecule has 7 heteroatoms. The summed E-state index contributed by atoms with van der Waals surface area (Å²) in [7, 11) is 0. The van der Waals surface area contributed by atoms with Gasteiger partial charge in [-0.1, -0.05) is 6.07 Å². The van der Waals surface area contributed by atoms with Crippen LogP contribution in [0.5, 0.6) is 0 Å². The molecule has 0 saturated carbocycles. The third-order valence-electron chi connectivity index (χ3n) is 3.71. The van der Waals surface area contributed by atoms with Crippen molar-refractivity contribution in [2.24, 2.45) is 4.99 Å². The minimum absolute atomic E-state index is 0. The molecule has 0 aliphatic carbocycles. The predicted molar refractivity (Wildman–Crippen MR) is 117 cm³/mol. The Morgan fingerprint density at radius 2 is 2.08 bits per heavy atom. The Hall–Kier alpha value is -1.35. The molecule has 0 aromatic carbocycles. The molecule has 0 saturated heterocycles. The first-order valence-electron chi connectivity index (χ1n) is 8.40. The molecule has 25 heavy (non-hydrogen) atoms. The molecule has 0 spiro atoms. The van der Waals surface area contributed by atoms with E-state index in [0.29, 0.717) is 6.54 Å². The quantitative estimate of drug-likeness (QED) is 0.267. The Kier molecular flexibility index (Phi) is 10.5. The molecule has 0 unspecified atom stereocenters. The summed E-state index contributed by atoms with van der Waals surface area (Å²) in [6.45, 7) is 7.17. The van der Waals surface area contributed by atoms with Gasteiger partial charge in [-0.3, -0.25) is 4.79 Å². The average Bonchev–Trinajstić information content (AvgIpc) is 3.08. The second-order valence-corrected chi connectivity index (χ2v) is 6.40. The summed E-state index contributed by atoms with van der Waals surface area (Å²) in [6, 6.07) is 7.49. The number of thiophene rings is 1. The molecule has 2 aromatic rings. The highest BCUT2D eigenvalue weighted by Gasteiger charge is 2.00. The molecular weight excluding hydrogens is 447 g/mol. The summed E-state index contributed by atoms with van der Waals surface area (Å²) in [4.78, 5) is 16.4. The van der Waals surface area contributed by atoms with Gasteiger partial charge < -0.3 is 15.2 Å². The van der Waals surface area contributed by atoms with Gasteiger partial charge in [0.25, 0.3) is 5.56 Å². The maximum absolute atomic E-state index is 11.8. The molecule has 2 rings (SSSR count). The van der Waals surface area contributed by atoms with Crippen LogP contribution in [-0.4, -0.2) is 23.6 Å². The lowest BCUT2D eigenvalue weighted by atomic mass is 10.3. The molecule has 2 aromatic heterocycles. The summed E-state index contributed by atoms with van der Waals surface area (Å²) in [6.07, 6.45) is 1.95. The van der Waals surface area contributed by atoms with Crippen LogP contribution in [0.3, 0.4) is 0 Å². The molecule has 0 amide bonds. The summed E-state index contributed by atoms with van der Waals surface area (Å²) in [5, 5.41) is 10.8. The normalized spacial score (nSPS) is 11.0. The molecule has 2 heterocycles. The highest BCUT2D eigenvalue weighted by atomic mass is 127. The van der Waals surface area contributed by atoms with E-state index >= 15 is 0 Å². The van der Waals surface area contributed by atoms with Crippen molar-refractivity contribution in [1.29, 1.82) is 0 Å².